The fourth-order valence-electron chi connectivity index (χ4n) is 4.12. The zero-order valence-corrected chi connectivity index (χ0v) is 14.2. The summed E-state index contributed by atoms with van der Waals surface area (Å²) in [4.78, 5) is 0. The van der Waals surface area contributed by atoms with Gasteiger partial charge in [0.05, 0.1) is 0 Å². The van der Waals surface area contributed by atoms with Crippen LogP contribution in [-0.4, -0.2) is 0 Å². The van der Waals surface area contributed by atoms with Gasteiger partial charge in [-0.2, -0.15) is 0 Å². The summed E-state index contributed by atoms with van der Waals surface area (Å²) in [6.07, 6.45) is 2.38. The molecule has 1 heteroatoms. The van der Waals surface area contributed by atoms with Gasteiger partial charge in [0.25, 0.3) is 0 Å². The van der Waals surface area contributed by atoms with E-state index in [1.54, 1.807) is 0 Å². The Kier molecular flexibility index (Phi) is 3.53. The molecule has 4 aromatic rings. The van der Waals surface area contributed by atoms with Crippen LogP contribution in [0.15, 0.2) is 84.9 Å². The molecular weight excluding hydrogens is 302 g/mol. The van der Waals surface area contributed by atoms with E-state index >= 15 is 0 Å². The van der Waals surface area contributed by atoms with Gasteiger partial charge in [-0.1, -0.05) is 72.8 Å². The van der Waals surface area contributed by atoms with Crippen molar-refractivity contribution in [2.24, 2.45) is 0 Å². The quantitative estimate of drug-likeness (QED) is 0.466. The second-order valence-corrected chi connectivity index (χ2v) is 7.06. The van der Waals surface area contributed by atoms with Crippen molar-refractivity contribution in [3.8, 4) is 0 Å². The van der Waals surface area contributed by atoms with Gasteiger partial charge in [0.1, 0.15) is 0 Å². The highest BCUT2D eigenvalue weighted by molar-refractivity contribution is 5.84. The lowest BCUT2D eigenvalue weighted by Crippen LogP contribution is -2.17. The average molecular weight is 323 g/mol. The minimum Gasteiger partial charge on any atom is -0.303 e. The molecule has 122 valence electrons. The van der Waals surface area contributed by atoms with E-state index in [9.17, 15) is 0 Å². The third-order valence-electron chi connectivity index (χ3n) is 5.50. The van der Waals surface area contributed by atoms with Crippen LogP contribution < -0.4 is 5.32 Å². The summed E-state index contributed by atoms with van der Waals surface area (Å²) in [5.74, 6) is 0. The SMILES string of the molecule is c1ccc2cc([C@@H]3CC[C@@H](c4ccc5ccccc5c4)N3)ccc2c1. The summed E-state index contributed by atoms with van der Waals surface area (Å²) in [6.45, 7) is 0. The third-order valence-corrected chi connectivity index (χ3v) is 5.50. The van der Waals surface area contributed by atoms with Crippen LogP contribution in [0.3, 0.4) is 0 Å². The van der Waals surface area contributed by atoms with Crippen molar-refractivity contribution in [2.75, 3.05) is 0 Å². The highest BCUT2D eigenvalue weighted by Crippen LogP contribution is 2.36. The first-order valence-corrected chi connectivity index (χ1v) is 9.10. The zero-order valence-electron chi connectivity index (χ0n) is 14.2. The normalized spacial score (nSPS) is 20.3. The number of benzene rings is 4. The van der Waals surface area contributed by atoms with Crippen LogP contribution >= 0.6 is 0 Å². The molecule has 1 fully saturated rings. The zero-order chi connectivity index (χ0) is 16.6. The van der Waals surface area contributed by atoms with Crippen molar-refractivity contribution >= 4 is 21.5 Å². The maximum absolute atomic E-state index is 3.85. The monoisotopic (exact) mass is 323 g/mol. The highest BCUT2D eigenvalue weighted by Gasteiger charge is 2.26. The van der Waals surface area contributed by atoms with Crippen molar-refractivity contribution in [2.45, 2.75) is 24.9 Å². The minimum atomic E-state index is 0.445. The van der Waals surface area contributed by atoms with E-state index in [2.05, 4.69) is 90.2 Å². The molecule has 1 nitrogen and oxygen atoms in total. The Morgan fingerprint density at radius 1 is 0.520 bits per heavy atom. The van der Waals surface area contributed by atoms with Gasteiger partial charge in [0, 0.05) is 12.1 Å². The van der Waals surface area contributed by atoms with Gasteiger partial charge < -0.3 is 5.32 Å². The Bertz CT molecular complexity index is 965. The Labute approximate surface area is 148 Å². The molecule has 1 aliphatic heterocycles. The number of fused-ring (bicyclic) bond motifs is 2. The second-order valence-electron chi connectivity index (χ2n) is 7.06. The molecule has 0 unspecified atom stereocenters. The van der Waals surface area contributed by atoms with Crippen LogP contribution in [0.2, 0.25) is 0 Å². The molecule has 0 saturated carbocycles. The summed E-state index contributed by atoms with van der Waals surface area (Å²) in [6, 6.07) is 31.8. The van der Waals surface area contributed by atoms with Crippen LogP contribution in [0.1, 0.15) is 36.1 Å². The molecule has 0 spiro atoms. The van der Waals surface area contributed by atoms with E-state index in [1.807, 2.05) is 0 Å². The van der Waals surface area contributed by atoms with E-state index in [1.165, 1.54) is 45.5 Å². The van der Waals surface area contributed by atoms with Gasteiger partial charge in [0.15, 0.2) is 0 Å². The topological polar surface area (TPSA) is 12.0 Å². The molecule has 0 aromatic heterocycles. The predicted octanol–water partition coefficient (Wildman–Crippen LogP) is 6.16. The number of nitrogens with one attached hydrogen (secondary N) is 1. The van der Waals surface area contributed by atoms with Gasteiger partial charge in [-0.15, -0.1) is 0 Å². The molecule has 4 aromatic carbocycles. The van der Waals surface area contributed by atoms with Crippen molar-refractivity contribution in [1.29, 1.82) is 0 Å². The number of hydrogen-bond donors (Lipinski definition) is 1. The van der Waals surface area contributed by atoms with E-state index < -0.39 is 0 Å². The van der Waals surface area contributed by atoms with Crippen molar-refractivity contribution in [3.05, 3.63) is 96.1 Å². The fraction of sp³-hybridized carbons (Fsp3) is 0.167. The second kappa shape index (κ2) is 6.02. The van der Waals surface area contributed by atoms with E-state index in [0.29, 0.717) is 12.1 Å². The lowest BCUT2D eigenvalue weighted by atomic mass is 10.00. The van der Waals surface area contributed by atoms with Crippen LogP contribution in [0, 0.1) is 0 Å². The summed E-state index contributed by atoms with van der Waals surface area (Å²) >= 11 is 0. The Morgan fingerprint density at radius 3 is 1.44 bits per heavy atom. The van der Waals surface area contributed by atoms with Crippen LogP contribution in [-0.2, 0) is 0 Å². The fourth-order valence-corrected chi connectivity index (χ4v) is 4.12. The molecule has 0 aliphatic carbocycles. The van der Waals surface area contributed by atoms with Crippen molar-refractivity contribution in [3.63, 3.8) is 0 Å². The van der Waals surface area contributed by atoms with Gasteiger partial charge in [0.2, 0.25) is 0 Å². The van der Waals surface area contributed by atoms with Gasteiger partial charge in [-0.05, 0) is 57.6 Å². The first-order valence-electron chi connectivity index (χ1n) is 9.10. The molecule has 0 amide bonds. The molecule has 1 heterocycles. The Hall–Kier alpha value is -2.64. The van der Waals surface area contributed by atoms with Crippen LogP contribution in [0.25, 0.3) is 21.5 Å². The standard InChI is InChI=1S/C24H21N/c1-3-7-19-15-21(11-9-17(19)5-1)23-13-14-24(25-23)22-12-10-18-6-2-4-8-20(18)16-22/h1-12,15-16,23-25H,13-14H2/t23-,24-/m0/s1. The molecule has 1 N–H and O–H groups in total. The molecule has 5 rings (SSSR count). The number of hydrogen-bond acceptors (Lipinski definition) is 1. The Balaban J connectivity index is 1.42. The van der Waals surface area contributed by atoms with E-state index in [0.717, 1.165) is 0 Å². The van der Waals surface area contributed by atoms with Crippen molar-refractivity contribution in [1.82, 2.24) is 5.32 Å². The number of rotatable bonds is 2. The lowest BCUT2D eigenvalue weighted by molar-refractivity contribution is 0.575. The van der Waals surface area contributed by atoms with Crippen LogP contribution in [0.4, 0.5) is 0 Å². The van der Waals surface area contributed by atoms with E-state index in [4.69, 9.17) is 0 Å². The molecule has 2 atom stereocenters. The molecule has 0 radical (unpaired) electrons. The first-order chi connectivity index (χ1) is 12.4. The average Bonchev–Trinajstić information content (AvgIpc) is 3.17. The predicted molar refractivity (Wildman–Crippen MR) is 106 cm³/mol. The third kappa shape index (κ3) is 2.71. The lowest BCUT2D eigenvalue weighted by Gasteiger charge is -2.16. The summed E-state index contributed by atoms with van der Waals surface area (Å²) in [5, 5.41) is 9.14. The Morgan fingerprint density at radius 2 is 0.960 bits per heavy atom. The smallest absolute Gasteiger partial charge is 0.0326 e. The maximum Gasteiger partial charge on any atom is 0.0326 e. The van der Waals surface area contributed by atoms with Crippen molar-refractivity contribution < 1.29 is 0 Å². The molecule has 25 heavy (non-hydrogen) atoms. The maximum atomic E-state index is 3.85. The van der Waals surface area contributed by atoms with Gasteiger partial charge in [-0.25, -0.2) is 0 Å². The highest BCUT2D eigenvalue weighted by atomic mass is 15.0. The summed E-state index contributed by atoms with van der Waals surface area (Å²) in [5.41, 5.74) is 2.81. The molecule has 1 saturated heterocycles. The minimum absolute atomic E-state index is 0.445. The molecular formula is C24H21N. The van der Waals surface area contributed by atoms with Crippen LogP contribution in [0.5, 0.6) is 0 Å². The van der Waals surface area contributed by atoms with Gasteiger partial charge >= 0.3 is 0 Å². The molecule has 0 bridgehead atoms. The summed E-state index contributed by atoms with van der Waals surface area (Å²) < 4.78 is 0. The van der Waals surface area contributed by atoms with Gasteiger partial charge in [-0.3, -0.25) is 0 Å². The summed E-state index contributed by atoms with van der Waals surface area (Å²) in [7, 11) is 0. The first kappa shape index (κ1) is 14.7. The van der Waals surface area contributed by atoms with E-state index in [-0.39, 0.29) is 0 Å². The molecule has 1 aliphatic rings. The largest absolute Gasteiger partial charge is 0.303 e.